The van der Waals surface area contributed by atoms with Gasteiger partial charge in [-0.3, -0.25) is 0 Å². The predicted octanol–water partition coefficient (Wildman–Crippen LogP) is 2.35. The molecule has 0 aliphatic heterocycles. The zero-order chi connectivity index (χ0) is 8.43. The zero-order valence-electron chi connectivity index (χ0n) is 5.11. The summed E-state index contributed by atoms with van der Waals surface area (Å²) in [5.41, 5.74) is -0.223. The van der Waals surface area contributed by atoms with Crippen molar-refractivity contribution in [2.75, 3.05) is 0 Å². The summed E-state index contributed by atoms with van der Waals surface area (Å²) in [6.07, 6.45) is 1.25. The number of hydrogen-bond donors (Lipinski definition) is 0. The number of nitrogens with zero attached hydrogens (tertiary/aromatic N) is 2. The first-order valence-corrected chi connectivity index (χ1v) is 4.02. The SMILES string of the molecule is N#Cc1ncc(Cl)c(I)c1F. The largest absolute Gasteiger partial charge is 0.241 e. The van der Waals surface area contributed by atoms with Gasteiger partial charge in [0.05, 0.1) is 8.59 Å². The van der Waals surface area contributed by atoms with E-state index in [0.717, 1.165) is 0 Å². The fourth-order valence-corrected chi connectivity index (χ4v) is 1.05. The summed E-state index contributed by atoms with van der Waals surface area (Å²) in [4.78, 5) is 3.48. The lowest BCUT2D eigenvalue weighted by atomic mass is 10.3. The van der Waals surface area contributed by atoms with Gasteiger partial charge in [0.15, 0.2) is 11.5 Å². The number of rotatable bonds is 0. The van der Waals surface area contributed by atoms with Gasteiger partial charge >= 0.3 is 0 Å². The van der Waals surface area contributed by atoms with Crippen LogP contribution in [0, 0.1) is 20.7 Å². The number of pyridine rings is 1. The molecule has 1 heterocycles. The van der Waals surface area contributed by atoms with Crippen LogP contribution in [-0.2, 0) is 0 Å². The molecule has 0 atom stereocenters. The normalized spacial score (nSPS) is 9.27. The van der Waals surface area contributed by atoms with Crippen LogP contribution in [0.3, 0.4) is 0 Å². The molecule has 1 aromatic heterocycles. The smallest absolute Gasteiger partial charge is 0.177 e. The molecule has 0 fully saturated rings. The van der Waals surface area contributed by atoms with Crippen molar-refractivity contribution >= 4 is 34.2 Å². The van der Waals surface area contributed by atoms with E-state index in [4.69, 9.17) is 16.9 Å². The van der Waals surface area contributed by atoms with E-state index in [1.165, 1.54) is 6.20 Å². The van der Waals surface area contributed by atoms with Gasteiger partial charge in [-0.15, -0.1) is 0 Å². The summed E-state index contributed by atoms with van der Waals surface area (Å²) in [5, 5.41) is 8.56. The van der Waals surface area contributed by atoms with Crippen LogP contribution in [0.15, 0.2) is 6.20 Å². The van der Waals surface area contributed by atoms with Crippen molar-refractivity contribution in [2.45, 2.75) is 0 Å². The molecule has 0 saturated heterocycles. The molecule has 5 heteroatoms. The highest BCUT2D eigenvalue weighted by molar-refractivity contribution is 14.1. The van der Waals surface area contributed by atoms with Crippen LogP contribution in [0.4, 0.5) is 4.39 Å². The quantitative estimate of drug-likeness (QED) is 0.685. The van der Waals surface area contributed by atoms with Crippen molar-refractivity contribution in [3.8, 4) is 6.07 Å². The highest BCUT2D eigenvalue weighted by atomic mass is 127. The summed E-state index contributed by atoms with van der Waals surface area (Å²) >= 11 is 7.24. The second-order valence-corrected chi connectivity index (χ2v) is 3.18. The lowest BCUT2D eigenvalue weighted by Crippen LogP contribution is -1.92. The number of halogens is 3. The van der Waals surface area contributed by atoms with E-state index in [2.05, 4.69) is 4.98 Å². The Balaban J connectivity index is 3.40. The summed E-state index contributed by atoms with van der Waals surface area (Å²) in [7, 11) is 0. The van der Waals surface area contributed by atoms with Crippen LogP contribution in [0.1, 0.15) is 5.69 Å². The van der Waals surface area contributed by atoms with E-state index in [0.29, 0.717) is 0 Å². The van der Waals surface area contributed by atoms with Crippen LogP contribution in [0.25, 0.3) is 0 Å². The molecule has 1 aromatic rings. The summed E-state index contributed by atoms with van der Waals surface area (Å²) in [6, 6.07) is 1.61. The summed E-state index contributed by atoms with van der Waals surface area (Å²) in [6.45, 7) is 0. The summed E-state index contributed by atoms with van der Waals surface area (Å²) in [5.74, 6) is -0.652. The van der Waals surface area contributed by atoms with E-state index in [1.807, 2.05) is 0 Å². The molecule has 0 aliphatic rings. The highest BCUT2D eigenvalue weighted by Gasteiger charge is 2.09. The van der Waals surface area contributed by atoms with E-state index in [9.17, 15) is 4.39 Å². The first kappa shape index (κ1) is 8.68. The first-order valence-electron chi connectivity index (χ1n) is 2.56. The Labute approximate surface area is 81.1 Å². The van der Waals surface area contributed by atoms with Crippen molar-refractivity contribution in [3.63, 3.8) is 0 Å². The Bertz CT molecular complexity index is 334. The van der Waals surface area contributed by atoms with Gasteiger partial charge in [0, 0.05) is 6.20 Å². The molecule has 11 heavy (non-hydrogen) atoms. The van der Waals surface area contributed by atoms with Crippen molar-refractivity contribution in [2.24, 2.45) is 0 Å². The topological polar surface area (TPSA) is 36.7 Å². The molecule has 0 aromatic carbocycles. The van der Waals surface area contributed by atoms with Crippen molar-refractivity contribution in [1.29, 1.82) is 5.26 Å². The van der Waals surface area contributed by atoms with Gasteiger partial charge in [-0.2, -0.15) is 5.26 Å². The van der Waals surface area contributed by atoms with Crippen LogP contribution in [0.2, 0.25) is 5.02 Å². The Hall–Kier alpha value is -0.410. The average Bonchev–Trinajstić information content (AvgIpc) is 2.01. The molecular formula is C6HClFIN2. The fourth-order valence-electron chi connectivity index (χ4n) is 0.521. The lowest BCUT2D eigenvalue weighted by molar-refractivity contribution is 0.609. The molecule has 0 aliphatic carbocycles. The maximum atomic E-state index is 12.9. The lowest BCUT2D eigenvalue weighted by Gasteiger charge is -1.96. The molecule has 0 amide bonds. The van der Waals surface area contributed by atoms with E-state index in [-0.39, 0.29) is 14.3 Å². The third-order valence-electron chi connectivity index (χ3n) is 1.02. The minimum absolute atomic E-state index is 0.223. The Kier molecular flexibility index (Phi) is 2.62. The number of hydrogen-bond acceptors (Lipinski definition) is 2. The standard InChI is InChI=1S/C6HClFIN2/c7-3-2-11-4(1-10)5(8)6(3)9/h2H. The Morgan fingerprint density at radius 3 is 2.91 bits per heavy atom. The molecule has 0 unspecified atom stereocenters. The third-order valence-corrected chi connectivity index (χ3v) is 2.68. The third kappa shape index (κ3) is 1.60. The van der Waals surface area contributed by atoms with Gasteiger partial charge in [0.25, 0.3) is 0 Å². The summed E-state index contributed by atoms with van der Waals surface area (Å²) < 4.78 is 13.1. The molecule has 0 spiro atoms. The molecule has 0 radical (unpaired) electrons. The monoisotopic (exact) mass is 282 g/mol. The Morgan fingerprint density at radius 2 is 2.36 bits per heavy atom. The van der Waals surface area contributed by atoms with E-state index >= 15 is 0 Å². The molecule has 56 valence electrons. The second-order valence-electron chi connectivity index (χ2n) is 1.69. The van der Waals surface area contributed by atoms with Crippen molar-refractivity contribution < 1.29 is 4.39 Å². The predicted molar refractivity (Wildman–Crippen MR) is 46.6 cm³/mol. The minimum atomic E-state index is -0.652. The van der Waals surface area contributed by atoms with E-state index in [1.54, 1.807) is 28.7 Å². The first-order chi connectivity index (χ1) is 5.16. The van der Waals surface area contributed by atoms with Gasteiger partial charge in [0.2, 0.25) is 0 Å². The molecule has 0 bridgehead atoms. The van der Waals surface area contributed by atoms with Crippen LogP contribution in [0.5, 0.6) is 0 Å². The molecule has 2 nitrogen and oxygen atoms in total. The van der Waals surface area contributed by atoms with Crippen LogP contribution >= 0.6 is 34.2 Å². The van der Waals surface area contributed by atoms with Gasteiger partial charge in [-0.05, 0) is 22.6 Å². The maximum Gasteiger partial charge on any atom is 0.177 e. The van der Waals surface area contributed by atoms with Gasteiger partial charge < -0.3 is 0 Å². The van der Waals surface area contributed by atoms with Gasteiger partial charge in [0.1, 0.15) is 6.07 Å². The average molecular weight is 282 g/mol. The maximum absolute atomic E-state index is 12.9. The Morgan fingerprint density at radius 1 is 1.73 bits per heavy atom. The number of nitriles is 1. The highest BCUT2D eigenvalue weighted by Crippen LogP contribution is 2.21. The van der Waals surface area contributed by atoms with E-state index < -0.39 is 5.82 Å². The second kappa shape index (κ2) is 3.32. The molecule has 1 rings (SSSR count). The van der Waals surface area contributed by atoms with Crippen molar-refractivity contribution in [1.82, 2.24) is 4.98 Å². The molecule has 0 N–H and O–H groups in total. The minimum Gasteiger partial charge on any atom is -0.241 e. The van der Waals surface area contributed by atoms with Gasteiger partial charge in [-0.25, -0.2) is 9.37 Å². The number of aromatic nitrogens is 1. The zero-order valence-corrected chi connectivity index (χ0v) is 8.02. The molecular weight excluding hydrogens is 281 g/mol. The van der Waals surface area contributed by atoms with Crippen LogP contribution in [-0.4, -0.2) is 4.98 Å². The van der Waals surface area contributed by atoms with Crippen LogP contribution < -0.4 is 0 Å². The fraction of sp³-hybridized carbons (Fsp3) is 0. The van der Waals surface area contributed by atoms with Gasteiger partial charge in [-0.1, -0.05) is 11.6 Å². The molecule has 0 saturated carbocycles. The van der Waals surface area contributed by atoms with Crippen molar-refractivity contribution in [3.05, 3.63) is 26.3 Å².